The van der Waals surface area contributed by atoms with E-state index >= 15 is 0 Å². The number of aryl methyl sites for hydroxylation is 2. The summed E-state index contributed by atoms with van der Waals surface area (Å²) in [6.45, 7) is 6.41. The summed E-state index contributed by atoms with van der Waals surface area (Å²) >= 11 is 0. The molecule has 32 heavy (non-hydrogen) atoms. The average molecular weight is 444 g/mol. The normalized spacial score (nSPS) is 14.8. The van der Waals surface area contributed by atoms with Crippen molar-refractivity contribution in [2.24, 2.45) is 5.92 Å². The van der Waals surface area contributed by atoms with Crippen LogP contribution < -0.4 is 9.64 Å². The van der Waals surface area contributed by atoms with Crippen LogP contribution in [0.4, 0.5) is 14.6 Å². The van der Waals surface area contributed by atoms with Crippen LogP contribution in [-0.2, 0) is 6.42 Å². The molecule has 1 aliphatic rings. The predicted molar refractivity (Wildman–Crippen MR) is 121 cm³/mol. The Morgan fingerprint density at radius 3 is 2.56 bits per heavy atom. The molecule has 4 rings (SSSR count). The summed E-state index contributed by atoms with van der Waals surface area (Å²) in [5, 5.41) is 7.57. The lowest BCUT2D eigenvalue weighted by atomic mass is 9.92. The Kier molecular flexibility index (Phi) is 7.07. The lowest BCUT2D eigenvalue weighted by Gasteiger charge is -2.32. The number of H-pyrrole nitrogens is 2. The smallest absolute Gasteiger partial charge is 0.150 e. The number of anilines is 1. The molecule has 1 aromatic carbocycles. The Morgan fingerprint density at radius 2 is 1.91 bits per heavy atom. The van der Waals surface area contributed by atoms with E-state index in [4.69, 9.17) is 4.74 Å². The van der Waals surface area contributed by atoms with Gasteiger partial charge in [0.05, 0.1) is 12.2 Å². The van der Waals surface area contributed by atoms with E-state index in [1.165, 1.54) is 17.8 Å². The maximum absolute atomic E-state index is 14.4. The number of aromatic nitrogens is 4. The molecule has 1 aliphatic heterocycles. The number of rotatable bonds is 9. The van der Waals surface area contributed by atoms with Gasteiger partial charge in [0.25, 0.3) is 0 Å². The Bertz CT molecular complexity index is 1000. The highest BCUT2D eigenvalue weighted by Gasteiger charge is 2.21. The molecule has 1 saturated heterocycles. The number of aromatic amines is 2. The zero-order chi connectivity index (χ0) is 22.5. The van der Waals surface area contributed by atoms with Crippen LogP contribution in [0.15, 0.2) is 24.4 Å². The third-order valence-corrected chi connectivity index (χ3v) is 6.06. The van der Waals surface area contributed by atoms with Crippen LogP contribution in [0.1, 0.15) is 50.4 Å². The summed E-state index contributed by atoms with van der Waals surface area (Å²) in [5.74, 6) is 0.730. The van der Waals surface area contributed by atoms with Gasteiger partial charge in [-0.1, -0.05) is 13.3 Å². The summed E-state index contributed by atoms with van der Waals surface area (Å²) in [7, 11) is 0. The summed E-state index contributed by atoms with van der Waals surface area (Å²) in [6.07, 6.45) is 7.83. The molecular weight excluding hydrogens is 412 g/mol. The number of hydrogen-bond donors (Lipinski definition) is 2. The number of ether oxygens (including phenoxy) is 1. The number of nitrogens with one attached hydrogen (secondary N) is 2. The molecule has 0 bridgehead atoms. The second kappa shape index (κ2) is 10.1. The zero-order valence-electron chi connectivity index (χ0n) is 18.8. The first-order valence-corrected chi connectivity index (χ1v) is 11.5. The van der Waals surface area contributed by atoms with Crippen LogP contribution in [0, 0.1) is 24.5 Å². The van der Waals surface area contributed by atoms with Crippen LogP contribution >= 0.6 is 0 Å². The molecule has 6 nitrogen and oxygen atoms in total. The van der Waals surface area contributed by atoms with Gasteiger partial charge in [0, 0.05) is 48.9 Å². The van der Waals surface area contributed by atoms with E-state index in [1.807, 2.05) is 0 Å². The number of piperidine rings is 1. The minimum Gasteiger partial charge on any atom is -0.493 e. The number of hydrogen-bond acceptors (Lipinski definition) is 4. The van der Waals surface area contributed by atoms with Crippen LogP contribution in [0.25, 0.3) is 11.4 Å². The molecular formula is C24H31F2N5O. The molecule has 0 unspecified atom stereocenters. The van der Waals surface area contributed by atoms with Gasteiger partial charge in [0.15, 0.2) is 5.82 Å². The van der Waals surface area contributed by atoms with Crippen LogP contribution in [0.3, 0.4) is 0 Å². The first-order chi connectivity index (χ1) is 15.5. The van der Waals surface area contributed by atoms with Gasteiger partial charge in [-0.25, -0.2) is 13.8 Å². The fourth-order valence-corrected chi connectivity index (χ4v) is 4.32. The van der Waals surface area contributed by atoms with E-state index in [0.717, 1.165) is 63.1 Å². The number of nitrogens with zero attached hydrogens (tertiary/aromatic N) is 3. The largest absolute Gasteiger partial charge is 0.493 e. The minimum atomic E-state index is -0.679. The standard InChI is InChI=1S/C24H31F2N5O/c1-3-5-18-12-22(30-29-18)31-9-7-17(8-10-31)6-4-11-32-19-13-20(25)23(21(26)14-19)24-27-15-16(2)28-24/h12-15,17H,3-11H2,1-2H3,(H,27,28)(H,29,30). The third kappa shape index (κ3) is 5.29. The number of benzene rings is 1. The van der Waals surface area contributed by atoms with Crippen molar-refractivity contribution in [2.75, 3.05) is 24.6 Å². The van der Waals surface area contributed by atoms with Gasteiger partial charge >= 0.3 is 0 Å². The van der Waals surface area contributed by atoms with E-state index in [9.17, 15) is 8.78 Å². The van der Waals surface area contributed by atoms with Crippen molar-refractivity contribution in [2.45, 2.75) is 52.4 Å². The third-order valence-electron chi connectivity index (χ3n) is 6.06. The molecule has 0 aliphatic carbocycles. The summed E-state index contributed by atoms with van der Waals surface area (Å²) in [6, 6.07) is 4.62. The van der Waals surface area contributed by atoms with E-state index < -0.39 is 11.6 Å². The van der Waals surface area contributed by atoms with Crippen LogP contribution in [0.5, 0.6) is 5.75 Å². The van der Waals surface area contributed by atoms with Crippen molar-refractivity contribution in [3.63, 3.8) is 0 Å². The quantitative estimate of drug-likeness (QED) is 0.434. The van der Waals surface area contributed by atoms with Gasteiger partial charge in [-0.05, 0) is 44.9 Å². The van der Waals surface area contributed by atoms with Crippen LogP contribution in [0.2, 0.25) is 0 Å². The van der Waals surface area contributed by atoms with Crippen molar-refractivity contribution in [1.29, 1.82) is 0 Å². The van der Waals surface area contributed by atoms with Gasteiger partial charge in [-0.2, -0.15) is 5.10 Å². The lowest BCUT2D eigenvalue weighted by Crippen LogP contribution is -2.34. The number of imidazole rings is 1. The molecule has 1 fully saturated rings. The Labute approximate surface area is 187 Å². The minimum absolute atomic E-state index is 0.157. The highest BCUT2D eigenvalue weighted by Crippen LogP contribution is 2.29. The fraction of sp³-hybridized carbons (Fsp3) is 0.500. The molecule has 0 atom stereocenters. The maximum Gasteiger partial charge on any atom is 0.150 e. The van der Waals surface area contributed by atoms with Gasteiger partial charge < -0.3 is 14.6 Å². The summed E-state index contributed by atoms with van der Waals surface area (Å²) in [4.78, 5) is 9.22. The molecule has 0 saturated carbocycles. The van der Waals surface area contributed by atoms with E-state index in [-0.39, 0.29) is 17.1 Å². The summed E-state index contributed by atoms with van der Waals surface area (Å²) < 4.78 is 34.5. The Balaban J connectivity index is 1.21. The van der Waals surface area contributed by atoms with Gasteiger partial charge in [0.2, 0.25) is 0 Å². The SMILES string of the molecule is CCCc1cc(N2CCC(CCCOc3cc(F)c(-c4ncc(C)[nH]4)c(F)c3)CC2)n[nH]1. The van der Waals surface area contributed by atoms with Crippen LogP contribution in [-0.4, -0.2) is 39.9 Å². The van der Waals surface area contributed by atoms with Crippen molar-refractivity contribution in [1.82, 2.24) is 20.2 Å². The van der Waals surface area contributed by atoms with Crippen molar-refractivity contribution < 1.29 is 13.5 Å². The Morgan fingerprint density at radius 1 is 1.16 bits per heavy atom. The zero-order valence-corrected chi connectivity index (χ0v) is 18.8. The molecule has 2 aromatic heterocycles. The summed E-state index contributed by atoms with van der Waals surface area (Å²) in [5.41, 5.74) is 1.79. The van der Waals surface area contributed by atoms with Crippen molar-refractivity contribution >= 4 is 5.82 Å². The van der Waals surface area contributed by atoms with Gasteiger partial charge in [-0.3, -0.25) is 5.10 Å². The fourth-order valence-electron chi connectivity index (χ4n) is 4.32. The number of halogens is 2. The molecule has 172 valence electrons. The van der Waals surface area contributed by atoms with Crippen molar-refractivity contribution in [3.05, 3.63) is 47.4 Å². The van der Waals surface area contributed by atoms with E-state index in [2.05, 4.69) is 38.1 Å². The monoisotopic (exact) mass is 443 g/mol. The first kappa shape index (κ1) is 22.3. The second-order valence-corrected chi connectivity index (χ2v) is 8.60. The molecule has 0 amide bonds. The molecule has 0 radical (unpaired) electrons. The first-order valence-electron chi connectivity index (χ1n) is 11.5. The van der Waals surface area contributed by atoms with Gasteiger partial charge in [0.1, 0.15) is 23.2 Å². The molecule has 3 aromatic rings. The second-order valence-electron chi connectivity index (χ2n) is 8.60. The Hall–Kier alpha value is -2.90. The van der Waals surface area contributed by atoms with Gasteiger partial charge in [-0.15, -0.1) is 0 Å². The molecule has 2 N–H and O–H groups in total. The predicted octanol–water partition coefficient (Wildman–Crippen LogP) is 5.41. The topological polar surface area (TPSA) is 69.8 Å². The highest BCUT2D eigenvalue weighted by molar-refractivity contribution is 5.58. The highest BCUT2D eigenvalue weighted by atomic mass is 19.1. The molecule has 0 spiro atoms. The molecule has 3 heterocycles. The lowest BCUT2D eigenvalue weighted by molar-refractivity contribution is 0.277. The van der Waals surface area contributed by atoms with E-state index in [0.29, 0.717) is 12.5 Å². The van der Waals surface area contributed by atoms with E-state index in [1.54, 1.807) is 13.1 Å². The maximum atomic E-state index is 14.4. The molecule has 8 heteroatoms. The average Bonchev–Trinajstić information content (AvgIpc) is 3.41. The van der Waals surface area contributed by atoms with Crippen molar-refractivity contribution in [3.8, 4) is 17.1 Å².